The second-order valence-electron chi connectivity index (χ2n) is 7.36. The lowest BCUT2D eigenvalue weighted by Gasteiger charge is -2.21. The molecule has 0 spiro atoms. The molecule has 0 aliphatic carbocycles. The lowest BCUT2D eigenvalue weighted by Crippen LogP contribution is -2.38. The van der Waals surface area contributed by atoms with E-state index < -0.39 is 37.8 Å². The van der Waals surface area contributed by atoms with Crippen molar-refractivity contribution in [3.05, 3.63) is 32.6 Å². The van der Waals surface area contributed by atoms with Crippen LogP contribution in [-0.2, 0) is 4.74 Å². The summed E-state index contributed by atoms with van der Waals surface area (Å²) in [7, 11) is -1.19. The Kier molecular flexibility index (Phi) is 6.13. The smallest absolute Gasteiger partial charge is 0.330 e. The monoisotopic (exact) mass is 374 g/mol. The molecule has 3 N–H and O–H groups in total. The van der Waals surface area contributed by atoms with E-state index in [1.54, 1.807) is 18.7 Å². The third-order valence-corrected chi connectivity index (χ3v) is 7.59. The molecule has 0 bridgehead atoms. The van der Waals surface area contributed by atoms with Crippen LogP contribution in [0.3, 0.4) is 0 Å². The molecular formula is C15H26N2O5SSi. The quantitative estimate of drug-likeness (QED) is 0.628. The molecule has 2 heterocycles. The molecule has 1 unspecified atom stereocenters. The maximum absolute atomic E-state index is 12.0. The number of aromatic nitrogens is 2. The van der Waals surface area contributed by atoms with Gasteiger partial charge in [-0.25, -0.2) is 4.79 Å². The number of aliphatic hydroxyl groups excluding tert-OH is 2. The van der Waals surface area contributed by atoms with Crippen molar-refractivity contribution in [1.82, 2.24) is 9.55 Å². The summed E-state index contributed by atoms with van der Waals surface area (Å²) in [6.07, 6.45) is -0.999. The van der Waals surface area contributed by atoms with Gasteiger partial charge in [-0.1, -0.05) is 19.6 Å². The lowest BCUT2D eigenvalue weighted by molar-refractivity contribution is -0.0531. The van der Waals surface area contributed by atoms with E-state index in [1.165, 1.54) is 10.8 Å². The second kappa shape index (κ2) is 7.57. The molecule has 136 valence electrons. The van der Waals surface area contributed by atoms with E-state index in [9.17, 15) is 19.8 Å². The number of hydrogen-bond acceptors (Lipinski definition) is 6. The number of nitrogens with zero attached hydrogens (tertiary/aromatic N) is 1. The first-order valence-electron chi connectivity index (χ1n) is 8.02. The van der Waals surface area contributed by atoms with Gasteiger partial charge < -0.3 is 14.9 Å². The molecule has 2 rings (SSSR count). The van der Waals surface area contributed by atoms with Crippen molar-refractivity contribution in [2.45, 2.75) is 56.3 Å². The van der Waals surface area contributed by atoms with Crippen molar-refractivity contribution in [3.8, 4) is 0 Å². The molecule has 0 amide bonds. The number of hydrogen-bond donors (Lipinski definition) is 3. The molecule has 0 saturated carbocycles. The van der Waals surface area contributed by atoms with E-state index in [2.05, 4.69) is 24.6 Å². The van der Waals surface area contributed by atoms with E-state index >= 15 is 0 Å². The largest absolute Gasteiger partial charge is 0.394 e. The van der Waals surface area contributed by atoms with Gasteiger partial charge in [-0.15, -0.1) is 0 Å². The topological polar surface area (TPSA) is 105 Å². The molecule has 1 fully saturated rings. The van der Waals surface area contributed by atoms with Crippen LogP contribution < -0.4 is 11.2 Å². The highest BCUT2D eigenvalue weighted by Gasteiger charge is 2.45. The summed E-state index contributed by atoms with van der Waals surface area (Å²) in [5, 5.41) is 19.9. The van der Waals surface area contributed by atoms with Gasteiger partial charge in [0.25, 0.3) is 5.56 Å². The summed E-state index contributed by atoms with van der Waals surface area (Å²) in [4.78, 5) is 25.7. The van der Waals surface area contributed by atoms with Gasteiger partial charge >= 0.3 is 5.69 Å². The minimum atomic E-state index is -1.19. The summed E-state index contributed by atoms with van der Waals surface area (Å²) < 4.78 is 6.91. The van der Waals surface area contributed by atoms with E-state index in [0.29, 0.717) is 5.56 Å². The molecule has 9 heteroatoms. The molecule has 1 aliphatic rings. The van der Waals surface area contributed by atoms with Crippen LogP contribution in [0.2, 0.25) is 25.7 Å². The number of aryl methyl sites for hydroxylation is 1. The van der Waals surface area contributed by atoms with Gasteiger partial charge in [0, 0.05) is 19.8 Å². The van der Waals surface area contributed by atoms with Gasteiger partial charge in [0.15, 0.2) is 6.23 Å². The fraction of sp³-hybridized carbons (Fsp3) is 0.733. The van der Waals surface area contributed by atoms with Crippen molar-refractivity contribution < 1.29 is 14.9 Å². The molecule has 1 saturated heterocycles. The number of ether oxygens (including phenoxy) is 1. The minimum Gasteiger partial charge on any atom is -0.394 e. The summed E-state index contributed by atoms with van der Waals surface area (Å²) in [5.41, 5.74) is -0.719. The number of nitrogens with one attached hydrogen (secondary N) is 1. The zero-order valence-electron chi connectivity index (χ0n) is 14.5. The predicted octanol–water partition coefficient (Wildman–Crippen LogP) is 0.536. The van der Waals surface area contributed by atoms with Gasteiger partial charge in [0.2, 0.25) is 0 Å². The molecule has 1 aromatic heterocycles. The second-order valence-corrected chi connectivity index (χ2v) is 14.3. The first kappa shape index (κ1) is 19.5. The predicted molar refractivity (Wildman–Crippen MR) is 97.5 cm³/mol. The van der Waals surface area contributed by atoms with E-state index in [-0.39, 0.29) is 11.9 Å². The minimum absolute atomic E-state index is 0.227. The lowest BCUT2D eigenvalue weighted by atomic mass is 10.2. The highest BCUT2D eigenvalue weighted by molar-refractivity contribution is 8.00. The fourth-order valence-corrected chi connectivity index (χ4v) is 6.47. The summed E-state index contributed by atoms with van der Waals surface area (Å²) in [5.74, 6) is 0.879. The van der Waals surface area contributed by atoms with Crippen LogP contribution in [0.1, 0.15) is 11.8 Å². The molecule has 0 aromatic carbocycles. The van der Waals surface area contributed by atoms with Crippen molar-refractivity contribution in [2.75, 3.05) is 12.4 Å². The Balaban J connectivity index is 2.18. The van der Waals surface area contributed by atoms with E-state index in [4.69, 9.17) is 4.74 Å². The number of aromatic amines is 1. The average Bonchev–Trinajstić information content (AvgIpc) is 2.78. The average molecular weight is 375 g/mol. The van der Waals surface area contributed by atoms with Gasteiger partial charge in [0.1, 0.15) is 6.10 Å². The molecule has 4 atom stereocenters. The van der Waals surface area contributed by atoms with Crippen molar-refractivity contribution >= 4 is 19.8 Å². The van der Waals surface area contributed by atoms with Gasteiger partial charge in [-0.05, 0) is 18.7 Å². The maximum Gasteiger partial charge on any atom is 0.330 e. The summed E-state index contributed by atoms with van der Waals surface area (Å²) in [6.45, 7) is 8.20. The molecule has 24 heavy (non-hydrogen) atoms. The molecule has 1 aromatic rings. The van der Waals surface area contributed by atoms with Crippen LogP contribution >= 0.6 is 11.8 Å². The Morgan fingerprint density at radius 1 is 1.38 bits per heavy atom. The summed E-state index contributed by atoms with van der Waals surface area (Å²) in [6, 6.07) is 1.10. The van der Waals surface area contributed by atoms with Crippen LogP contribution in [0.15, 0.2) is 15.8 Å². The number of thioether (sulfide) groups is 1. The van der Waals surface area contributed by atoms with Crippen LogP contribution in [0.5, 0.6) is 0 Å². The van der Waals surface area contributed by atoms with Crippen LogP contribution in [-0.4, -0.2) is 57.7 Å². The van der Waals surface area contributed by atoms with Crippen LogP contribution in [0.4, 0.5) is 0 Å². The van der Waals surface area contributed by atoms with Crippen molar-refractivity contribution in [3.63, 3.8) is 0 Å². The molecule has 0 radical (unpaired) electrons. The van der Waals surface area contributed by atoms with Gasteiger partial charge in [-0.3, -0.25) is 14.3 Å². The zero-order valence-corrected chi connectivity index (χ0v) is 16.3. The van der Waals surface area contributed by atoms with Crippen molar-refractivity contribution in [1.29, 1.82) is 0 Å². The fourth-order valence-electron chi connectivity index (χ4n) is 2.58. The Morgan fingerprint density at radius 2 is 2.04 bits per heavy atom. The van der Waals surface area contributed by atoms with Gasteiger partial charge in [0.05, 0.1) is 18.0 Å². The first-order valence-corrected chi connectivity index (χ1v) is 12.8. The van der Waals surface area contributed by atoms with Crippen molar-refractivity contribution in [2.24, 2.45) is 0 Å². The number of aliphatic hydroxyl groups is 2. The molecule has 7 nitrogen and oxygen atoms in total. The Morgan fingerprint density at radius 3 is 2.62 bits per heavy atom. The SMILES string of the molecule is Cc1cn([C@@H]2O[C@H](CO)[C@@H](SCC[Si](C)(C)C)C2O)c(=O)[nH]c1=O. The number of H-pyrrole nitrogens is 1. The Labute approximate surface area is 146 Å². The normalized spacial score (nSPS) is 27.6. The van der Waals surface area contributed by atoms with Crippen LogP contribution in [0, 0.1) is 6.92 Å². The first-order chi connectivity index (χ1) is 11.1. The Bertz CT molecular complexity index is 684. The Hall–Kier alpha value is -0.873. The standard InChI is InChI=1S/C15H26N2O5SSi/c1-9-7-17(15(21)16-13(9)20)14-11(19)12(10(8-18)22-14)23-5-6-24(2,3)4/h7,10-12,14,18-19H,5-6,8H2,1-4H3,(H,16,20,21)/t10-,11?,12-,14-/m1/s1. The third kappa shape index (κ3) is 4.40. The summed E-state index contributed by atoms with van der Waals surface area (Å²) >= 11 is 1.58. The maximum atomic E-state index is 12.0. The highest BCUT2D eigenvalue weighted by atomic mass is 32.2. The highest BCUT2D eigenvalue weighted by Crippen LogP contribution is 2.36. The zero-order chi connectivity index (χ0) is 18.1. The third-order valence-electron chi connectivity index (χ3n) is 4.07. The molecule has 1 aliphatic heterocycles. The molecular weight excluding hydrogens is 348 g/mol. The number of rotatable bonds is 6. The van der Waals surface area contributed by atoms with Gasteiger partial charge in [-0.2, -0.15) is 11.8 Å². The van der Waals surface area contributed by atoms with E-state index in [1.807, 2.05) is 0 Å². The van der Waals surface area contributed by atoms with Crippen LogP contribution in [0.25, 0.3) is 0 Å². The van der Waals surface area contributed by atoms with E-state index in [0.717, 1.165) is 11.8 Å².